The summed E-state index contributed by atoms with van der Waals surface area (Å²) in [5.41, 5.74) is 2.34. The minimum atomic E-state index is 0.126. The van der Waals surface area contributed by atoms with E-state index >= 15 is 0 Å². The third kappa shape index (κ3) is 5.68. The Labute approximate surface area is 177 Å². The molecule has 1 atom stereocenters. The number of nitrogens with zero attached hydrogens (tertiary/aromatic N) is 4. The van der Waals surface area contributed by atoms with Gasteiger partial charge in [0.25, 0.3) is 0 Å². The first kappa shape index (κ1) is 20.6. The Kier molecular flexibility index (Phi) is 6.77. The number of hydrogen-bond acceptors (Lipinski definition) is 4. The van der Waals surface area contributed by atoms with E-state index < -0.39 is 0 Å². The molecule has 1 aliphatic carbocycles. The van der Waals surface area contributed by atoms with E-state index in [2.05, 4.69) is 39.7 Å². The molecule has 1 aromatic carbocycles. The van der Waals surface area contributed by atoms with E-state index in [1.54, 1.807) is 11.0 Å². The number of nitrogens with one attached hydrogen (secondary N) is 1. The molecule has 2 amide bonds. The van der Waals surface area contributed by atoms with E-state index in [1.165, 1.54) is 18.3 Å². The average Bonchev–Trinajstić information content (AvgIpc) is 3.38. The lowest BCUT2D eigenvalue weighted by atomic mass is 9.93. The van der Waals surface area contributed by atoms with E-state index in [0.29, 0.717) is 24.8 Å². The second-order valence-electron chi connectivity index (χ2n) is 8.65. The summed E-state index contributed by atoms with van der Waals surface area (Å²) in [5, 5.41) is 7.16. The van der Waals surface area contributed by atoms with Crippen LogP contribution in [0.2, 0.25) is 0 Å². The third-order valence-electron chi connectivity index (χ3n) is 6.27. The molecule has 0 radical (unpaired) electrons. The lowest BCUT2D eigenvalue weighted by Crippen LogP contribution is -2.40. The van der Waals surface area contributed by atoms with Gasteiger partial charge in [0.2, 0.25) is 11.8 Å². The normalized spacial score (nSPS) is 18.9. The number of amides is 2. The molecule has 4 rings (SSSR count). The van der Waals surface area contributed by atoms with Gasteiger partial charge in [-0.05, 0) is 55.6 Å². The maximum absolute atomic E-state index is 12.5. The van der Waals surface area contributed by atoms with Crippen molar-refractivity contribution in [3.8, 4) is 0 Å². The fraction of sp³-hybridized carbons (Fsp3) is 0.565. The first-order chi connectivity index (χ1) is 14.7. The van der Waals surface area contributed by atoms with Crippen LogP contribution >= 0.6 is 0 Å². The number of aromatic nitrogens is 3. The second kappa shape index (κ2) is 9.87. The smallest absolute Gasteiger partial charge is 0.224 e. The van der Waals surface area contributed by atoms with Crippen molar-refractivity contribution in [2.75, 3.05) is 13.1 Å². The van der Waals surface area contributed by atoms with Gasteiger partial charge in [0.05, 0.1) is 6.42 Å². The Morgan fingerprint density at radius 3 is 2.60 bits per heavy atom. The third-order valence-corrected chi connectivity index (χ3v) is 6.27. The predicted molar refractivity (Wildman–Crippen MR) is 114 cm³/mol. The van der Waals surface area contributed by atoms with Crippen molar-refractivity contribution in [2.24, 2.45) is 5.92 Å². The second-order valence-corrected chi connectivity index (χ2v) is 8.65. The van der Waals surface area contributed by atoms with Gasteiger partial charge in [-0.1, -0.05) is 24.3 Å². The zero-order valence-corrected chi connectivity index (χ0v) is 17.5. The van der Waals surface area contributed by atoms with Crippen molar-refractivity contribution >= 4 is 11.8 Å². The van der Waals surface area contributed by atoms with E-state index in [4.69, 9.17) is 0 Å². The van der Waals surface area contributed by atoms with Crippen molar-refractivity contribution in [3.05, 3.63) is 48.0 Å². The van der Waals surface area contributed by atoms with Crippen LogP contribution in [-0.4, -0.2) is 50.6 Å². The SMILES string of the molecule is O=C(Cc1ccc(CC2CCN(C(=O)CCCn3cncn3)C2)cc1)NC1CCC1. The molecular weight excluding hydrogens is 378 g/mol. The topological polar surface area (TPSA) is 80.1 Å². The zero-order chi connectivity index (χ0) is 20.8. The van der Waals surface area contributed by atoms with Crippen molar-refractivity contribution in [3.63, 3.8) is 0 Å². The minimum Gasteiger partial charge on any atom is -0.353 e. The molecule has 7 heteroatoms. The number of likely N-dealkylation sites (tertiary alicyclic amines) is 1. The van der Waals surface area contributed by atoms with Gasteiger partial charge in [-0.25, -0.2) is 4.98 Å². The molecule has 1 aliphatic heterocycles. The highest BCUT2D eigenvalue weighted by atomic mass is 16.2. The van der Waals surface area contributed by atoms with Crippen molar-refractivity contribution < 1.29 is 9.59 Å². The summed E-state index contributed by atoms with van der Waals surface area (Å²) < 4.78 is 1.76. The van der Waals surface area contributed by atoms with Crippen LogP contribution in [0.25, 0.3) is 0 Å². The fourth-order valence-corrected chi connectivity index (χ4v) is 4.27. The van der Waals surface area contributed by atoms with E-state index in [-0.39, 0.29) is 11.8 Å². The number of rotatable bonds is 9. The van der Waals surface area contributed by atoms with Crippen LogP contribution in [0.3, 0.4) is 0 Å². The summed E-state index contributed by atoms with van der Waals surface area (Å²) in [5.74, 6) is 0.878. The summed E-state index contributed by atoms with van der Waals surface area (Å²) in [4.78, 5) is 30.5. The molecule has 160 valence electrons. The van der Waals surface area contributed by atoms with Crippen LogP contribution in [0.4, 0.5) is 0 Å². The molecule has 2 aromatic rings. The highest BCUT2D eigenvalue weighted by Crippen LogP contribution is 2.22. The van der Waals surface area contributed by atoms with Crippen molar-refractivity contribution in [2.45, 2.75) is 64.0 Å². The summed E-state index contributed by atoms with van der Waals surface area (Å²) >= 11 is 0. The van der Waals surface area contributed by atoms with Crippen molar-refractivity contribution in [1.82, 2.24) is 25.0 Å². The van der Waals surface area contributed by atoms with Gasteiger partial charge in [-0.3, -0.25) is 14.3 Å². The first-order valence-electron chi connectivity index (χ1n) is 11.1. The summed E-state index contributed by atoms with van der Waals surface area (Å²) in [6, 6.07) is 8.80. The van der Waals surface area contributed by atoms with Crippen molar-refractivity contribution in [1.29, 1.82) is 0 Å². The summed E-state index contributed by atoms with van der Waals surface area (Å²) in [6.45, 7) is 2.42. The molecule has 2 fully saturated rings. The van der Waals surface area contributed by atoms with Crippen LogP contribution in [0.15, 0.2) is 36.9 Å². The number of aryl methyl sites for hydroxylation is 1. The zero-order valence-electron chi connectivity index (χ0n) is 17.5. The summed E-state index contributed by atoms with van der Waals surface area (Å²) in [7, 11) is 0. The maximum Gasteiger partial charge on any atom is 0.224 e. The molecule has 0 bridgehead atoms. The summed E-state index contributed by atoms with van der Waals surface area (Å²) in [6.07, 6.45) is 10.5. The van der Waals surface area contributed by atoms with Gasteiger partial charge >= 0.3 is 0 Å². The van der Waals surface area contributed by atoms with Crippen LogP contribution in [0, 0.1) is 5.92 Å². The van der Waals surface area contributed by atoms with Crippen LogP contribution in [0.1, 0.15) is 49.7 Å². The van der Waals surface area contributed by atoms with Gasteiger partial charge in [-0.2, -0.15) is 5.10 Å². The standard InChI is InChI=1S/C23H31N5O2/c29-22(26-21-3-1-4-21)14-19-8-6-18(7-9-19)13-20-10-12-27(15-20)23(30)5-2-11-28-17-24-16-25-28/h6-9,16-17,20-21H,1-5,10-15H2,(H,26,29). The highest BCUT2D eigenvalue weighted by Gasteiger charge is 2.26. The molecule has 7 nitrogen and oxygen atoms in total. The Hall–Kier alpha value is -2.70. The van der Waals surface area contributed by atoms with Gasteiger partial charge in [0, 0.05) is 32.1 Å². The molecular formula is C23H31N5O2. The number of carbonyl (C=O) groups excluding carboxylic acids is 2. The van der Waals surface area contributed by atoms with Crippen LogP contribution in [-0.2, 0) is 29.0 Å². The van der Waals surface area contributed by atoms with E-state index in [1.807, 2.05) is 4.90 Å². The molecule has 1 unspecified atom stereocenters. The Morgan fingerprint density at radius 2 is 1.90 bits per heavy atom. The van der Waals surface area contributed by atoms with Gasteiger partial charge in [0.15, 0.2) is 0 Å². The fourth-order valence-electron chi connectivity index (χ4n) is 4.27. The molecule has 1 saturated carbocycles. The highest BCUT2D eigenvalue weighted by molar-refractivity contribution is 5.79. The van der Waals surface area contributed by atoms with E-state index in [0.717, 1.165) is 57.3 Å². The lowest BCUT2D eigenvalue weighted by molar-refractivity contribution is -0.130. The lowest BCUT2D eigenvalue weighted by Gasteiger charge is -2.26. The van der Waals surface area contributed by atoms with Gasteiger partial charge in [0.1, 0.15) is 12.7 Å². The molecule has 1 N–H and O–H groups in total. The van der Waals surface area contributed by atoms with Gasteiger partial charge in [-0.15, -0.1) is 0 Å². The minimum absolute atomic E-state index is 0.126. The maximum atomic E-state index is 12.5. The molecule has 1 saturated heterocycles. The largest absolute Gasteiger partial charge is 0.353 e. The van der Waals surface area contributed by atoms with Gasteiger partial charge < -0.3 is 10.2 Å². The molecule has 30 heavy (non-hydrogen) atoms. The molecule has 2 heterocycles. The quantitative estimate of drug-likeness (QED) is 0.689. The van der Waals surface area contributed by atoms with Crippen LogP contribution < -0.4 is 5.32 Å². The number of benzene rings is 1. The molecule has 0 spiro atoms. The Balaban J connectivity index is 1.17. The molecule has 2 aliphatic rings. The Bertz CT molecular complexity index is 830. The number of hydrogen-bond donors (Lipinski definition) is 1. The predicted octanol–water partition coefficient (Wildman–Crippen LogP) is 2.36. The first-order valence-corrected chi connectivity index (χ1v) is 11.1. The molecule has 1 aromatic heterocycles. The van der Waals surface area contributed by atoms with Crippen LogP contribution in [0.5, 0.6) is 0 Å². The van der Waals surface area contributed by atoms with E-state index in [9.17, 15) is 9.59 Å². The number of carbonyl (C=O) groups is 2. The average molecular weight is 410 g/mol. The Morgan fingerprint density at radius 1 is 1.10 bits per heavy atom. The monoisotopic (exact) mass is 409 g/mol.